The molecular weight excluding hydrogens is 355 g/mol. The summed E-state index contributed by atoms with van der Waals surface area (Å²) in [5, 5.41) is 2.75. The summed E-state index contributed by atoms with van der Waals surface area (Å²) in [6, 6.07) is 12.1. The number of anilines is 1. The first kappa shape index (κ1) is 19.9. The molecule has 0 saturated heterocycles. The Morgan fingerprint density at radius 1 is 1.19 bits per heavy atom. The minimum Gasteiger partial charge on any atom is -0.350 e. The lowest BCUT2D eigenvalue weighted by molar-refractivity contribution is -0.122. The fraction of sp³-hybridized carbons (Fsp3) is 0.316. The lowest BCUT2D eigenvalue weighted by Gasteiger charge is -2.30. The van der Waals surface area contributed by atoms with Crippen LogP contribution in [0, 0.1) is 12.7 Å². The number of amides is 1. The number of nitrogens with one attached hydrogen (secondary N) is 1. The molecule has 2 rings (SSSR count). The number of hydrogen-bond donors (Lipinski definition) is 1. The van der Waals surface area contributed by atoms with Crippen LogP contribution in [-0.4, -0.2) is 26.6 Å². The van der Waals surface area contributed by atoms with E-state index in [9.17, 15) is 17.6 Å². The average Bonchev–Trinajstić information content (AvgIpc) is 2.57. The predicted octanol–water partition coefficient (Wildman–Crippen LogP) is 3.00. The number of sulfonamides is 1. The van der Waals surface area contributed by atoms with Gasteiger partial charge < -0.3 is 5.32 Å². The van der Waals surface area contributed by atoms with Crippen LogP contribution in [0.4, 0.5) is 10.1 Å². The van der Waals surface area contributed by atoms with Gasteiger partial charge in [0.05, 0.1) is 11.9 Å². The molecule has 7 heteroatoms. The molecule has 0 aliphatic carbocycles. The van der Waals surface area contributed by atoms with Gasteiger partial charge in [0.1, 0.15) is 11.9 Å². The molecule has 0 spiro atoms. The second kappa shape index (κ2) is 8.31. The Morgan fingerprint density at radius 2 is 1.88 bits per heavy atom. The van der Waals surface area contributed by atoms with Crippen molar-refractivity contribution in [1.29, 1.82) is 0 Å². The molecule has 0 aliphatic rings. The number of hydrogen-bond acceptors (Lipinski definition) is 3. The molecular formula is C19H23FN2O3S. The van der Waals surface area contributed by atoms with E-state index in [2.05, 4.69) is 5.32 Å². The van der Waals surface area contributed by atoms with Crippen LogP contribution in [0.5, 0.6) is 0 Å². The van der Waals surface area contributed by atoms with Crippen LogP contribution in [0.15, 0.2) is 48.5 Å². The Hall–Kier alpha value is -2.41. The van der Waals surface area contributed by atoms with E-state index in [0.29, 0.717) is 0 Å². The normalized spacial score (nSPS) is 12.5. The molecule has 0 bridgehead atoms. The fourth-order valence-corrected chi connectivity index (χ4v) is 4.01. The van der Waals surface area contributed by atoms with Gasteiger partial charge in [-0.3, -0.25) is 9.10 Å². The highest BCUT2D eigenvalue weighted by Gasteiger charge is 2.32. The topological polar surface area (TPSA) is 66.5 Å². The van der Waals surface area contributed by atoms with Crippen molar-refractivity contribution in [3.05, 3.63) is 65.5 Å². The fourth-order valence-electron chi connectivity index (χ4n) is 2.79. The van der Waals surface area contributed by atoms with Crippen molar-refractivity contribution in [3.63, 3.8) is 0 Å². The number of carbonyl (C=O) groups is 1. The van der Waals surface area contributed by atoms with E-state index in [4.69, 9.17) is 0 Å². The summed E-state index contributed by atoms with van der Waals surface area (Å²) in [6.45, 7) is 3.91. The van der Waals surface area contributed by atoms with E-state index < -0.39 is 27.8 Å². The highest BCUT2D eigenvalue weighted by Crippen LogP contribution is 2.25. The number of para-hydroxylation sites is 1. The highest BCUT2D eigenvalue weighted by molar-refractivity contribution is 7.92. The van der Waals surface area contributed by atoms with E-state index in [0.717, 1.165) is 21.7 Å². The Bertz CT molecular complexity index is 884. The van der Waals surface area contributed by atoms with E-state index in [1.807, 2.05) is 31.2 Å². The molecule has 0 heterocycles. The molecule has 2 aromatic carbocycles. The third-order valence-corrected chi connectivity index (χ3v) is 5.13. The van der Waals surface area contributed by atoms with Crippen LogP contribution in [0.25, 0.3) is 0 Å². The van der Waals surface area contributed by atoms with Gasteiger partial charge in [-0.15, -0.1) is 0 Å². The number of halogens is 1. The maximum atomic E-state index is 14.2. The van der Waals surface area contributed by atoms with Gasteiger partial charge in [0, 0.05) is 6.54 Å². The number of carbonyl (C=O) groups excluding carboxylic acids is 1. The van der Waals surface area contributed by atoms with Crippen LogP contribution in [0.2, 0.25) is 0 Å². The number of aryl methyl sites for hydroxylation is 1. The van der Waals surface area contributed by atoms with Crippen LogP contribution in [-0.2, 0) is 21.4 Å². The smallest absolute Gasteiger partial charge is 0.244 e. The maximum Gasteiger partial charge on any atom is 0.244 e. The first-order valence-electron chi connectivity index (χ1n) is 8.31. The summed E-state index contributed by atoms with van der Waals surface area (Å²) in [5.74, 6) is -1.16. The molecule has 0 fully saturated rings. The molecule has 26 heavy (non-hydrogen) atoms. The highest BCUT2D eigenvalue weighted by atomic mass is 32.2. The van der Waals surface area contributed by atoms with Gasteiger partial charge in [0.25, 0.3) is 0 Å². The largest absolute Gasteiger partial charge is 0.350 e. The van der Waals surface area contributed by atoms with E-state index in [-0.39, 0.29) is 18.7 Å². The van der Waals surface area contributed by atoms with Crippen LogP contribution >= 0.6 is 0 Å². The maximum absolute atomic E-state index is 14.2. The summed E-state index contributed by atoms with van der Waals surface area (Å²) in [5.41, 5.74) is 1.84. The van der Waals surface area contributed by atoms with Crippen molar-refractivity contribution in [1.82, 2.24) is 5.32 Å². The zero-order valence-corrected chi connectivity index (χ0v) is 15.9. The molecule has 1 amide bonds. The predicted molar refractivity (Wildman–Crippen MR) is 101 cm³/mol. The van der Waals surface area contributed by atoms with Gasteiger partial charge in [-0.25, -0.2) is 12.8 Å². The Balaban J connectivity index is 2.27. The van der Waals surface area contributed by atoms with Gasteiger partial charge in [0.15, 0.2) is 0 Å². The Labute approximate surface area is 153 Å². The zero-order valence-electron chi connectivity index (χ0n) is 15.1. The molecule has 0 saturated carbocycles. The minimum atomic E-state index is -3.85. The molecule has 1 atom stereocenters. The Kier molecular flexibility index (Phi) is 6.37. The van der Waals surface area contributed by atoms with Gasteiger partial charge in [-0.2, -0.15) is 0 Å². The summed E-state index contributed by atoms with van der Waals surface area (Å²) >= 11 is 0. The molecule has 0 unspecified atom stereocenters. The summed E-state index contributed by atoms with van der Waals surface area (Å²) < 4.78 is 39.6. The number of rotatable bonds is 7. The van der Waals surface area contributed by atoms with Crippen molar-refractivity contribution in [2.45, 2.75) is 32.9 Å². The van der Waals surface area contributed by atoms with Crippen LogP contribution in [0.1, 0.15) is 24.5 Å². The summed E-state index contributed by atoms with van der Waals surface area (Å²) in [4.78, 5) is 12.7. The van der Waals surface area contributed by atoms with Crippen molar-refractivity contribution >= 4 is 21.6 Å². The molecule has 2 aromatic rings. The second-order valence-corrected chi connectivity index (χ2v) is 8.00. The van der Waals surface area contributed by atoms with Crippen molar-refractivity contribution < 1.29 is 17.6 Å². The zero-order chi connectivity index (χ0) is 19.3. The molecule has 0 radical (unpaired) electrons. The lowest BCUT2D eigenvalue weighted by atomic mass is 10.1. The van der Waals surface area contributed by atoms with E-state index in [1.54, 1.807) is 6.92 Å². The van der Waals surface area contributed by atoms with Gasteiger partial charge >= 0.3 is 0 Å². The lowest BCUT2D eigenvalue weighted by Crippen LogP contribution is -2.49. The SMILES string of the molecule is CC[C@@H](C(=O)NCc1cccc(C)c1)N(c1ccccc1F)S(C)(=O)=O. The average molecular weight is 378 g/mol. The third-order valence-electron chi connectivity index (χ3n) is 3.97. The summed E-state index contributed by atoms with van der Waals surface area (Å²) in [7, 11) is -3.85. The first-order chi connectivity index (χ1) is 12.2. The van der Waals surface area contributed by atoms with Gasteiger partial charge in [0.2, 0.25) is 15.9 Å². The van der Waals surface area contributed by atoms with E-state index in [1.165, 1.54) is 24.3 Å². The molecule has 0 aliphatic heterocycles. The molecule has 5 nitrogen and oxygen atoms in total. The third kappa shape index (κ3) is 4.82. The molecule has 1 N–H and O–H groups in total. The monoisotopic (exact) mass is 378 g/mol. The standard InChI is InChI=1S/C19H23FN2O3S/c1-4-17(19(23)21-13-15-9-7-8-14(2)12-15)22(26(3,24)25)18-11-6-5-10-16(18)20/h5-12,17H,4,13H2,1-3H3,(H,21,23)/t17-/m0/s1. The summed E-state index contributed by atoms with van der Waals surface area (Å²) in [6.07, 6.45) is 1.18. The van der Waals surface area contributed by atoms with Crippen molar-refractivity contribution in [2.75, 3.05) is 10.6 Å². The van der Waals surface area contributed by atoms with Crippen molar-refractivity contribution in [3.8, 4) is 0 Å². The molecule has 0 aromatic heterocycles. The second-order valence-electron chi connectivity index (χ2n) is 6.14. The van der Waals surface area contributed by atoms with E-state index >= 15 is 0 Å². The number of nitrogens with zero attached hydrogens (tertiary/aromatic N) is 1. The Morgan fingerprint density at radius 3 is 2.46 bits per heavy atom. The minimum absolute atomic E-state index is 0.132. The van der Waals surface area contributed by atoms with Gasteiger partial charge in [-0.05, 0) is 31.0 Å². The molecule has 140 valence electrons. The van der Waals surface area contributed by atoms with Crippen LogP contribution in [0.3, 0.4) is 0 Å². The number of benzene rings is 2. The van der Waals surface area contributed by atoms with Crippen LogP contribution < -0.4 is 9.62 Å². The quantitative estimate of drug-likeness (QED) is 0.805. The van der Waals surface area contributed by atoms with Crippen molar-refractivity contribution in [2.24, 2.45) is 0 Å². The first-order valence-corrected chi connectivity index (χ1v) is 10.2. The van der Waals surface area contributed by atoms with Gasteiger partial charge in [-0.1, -0.05) is 48.9 Å².